The predicted octanol–water partition coefficient (Wildman–Crippen LogP) is 2.86. The van der Waals surface area contributed by atoms with E-state index in [0.717, 1.165) is 17.9 Å². The summed E-state index contributed by atoms with van der Waals surface area (Å²) in [4.78, 5) is 0. The molecule has 0 aromatic heterocycles. The molecule has 0 bridgehead atoms. The molecule has 1 aliphatic rings. The zero-order chi connectivity index (χ0) is 13.3. The Kier molecular flexibility index (Phi) is 3.53. The second-order valence-electron chi connectivity index (χ2n) is 5.98. The van der Waals surface area contributed by atoms with Crippen molar-refractivity contribution >= 4 is 0 Å². The molecule has 3 nitrogen and oxygen atoms in total. The van der Waals surface area contributed by atoms with Gasteiger partial charge in [-0.3, -0.25) is 0 Å². The fourth-order valence-electron chi connectivity index (χ4n) is 2.46. The van der Waals surface area contributed by atoms with Crippen molar-refractivity contribution in [3.8, 4) is 11.5 Å². The van der Waals surface area contributed by atoms with Gasteiger partial charge in [0.05, 0.1) is 0 Å². The summed E-state index contributed by atoms with van der Waals surface area (Å²) >= 11 is 0. The van der Waals surface area contributed by atoms with Crippen LogP contribution in [0.3, 0.4) is 0 Å². The van der Waals surface area contributed by atoms with Gasteiger partial charge in [-0.05, 0) is 37.8 Å². The van der Waals surface area contributed by atoms with Crippen molar-refractivity contribution in [3.63, 3.8) is 0 Å². The van der Waals surface area contributed by atoms with E-state index in [9.17, 15) is 0 Å². The van der Waals surface area contributed by atoms with Gasteiger partial charge in [0.2, 0.25) is 0 Å². The Labute approximate surface area is 109 Å². The van der Waals surface area contributed by atoms with Crippen LogP contribution in [0, 0.1) is 0 Å². The molecule has 0 unspecified atom stereocenters. The minimum atomic E-state index is -0.215. The maximum atomic E-state index is 6.14. The molecule has 1 aromatic rings. The third-order valence-corrected chi connectivity index (χ3v) is 3.06. The first-order valence-electron chi connectivity index (χ1n) is 6.59. The summed E-state index contributed by atoms with van der Waals surface area (Å²) < 4.78 is 11.4. The minimum Gasteiger partial charge on any atom is -0.486 e. The fraction of sp³-hybridized carbons (Fsp3) is 0.600. The Hall–Kier alpha value is -1.22. The molecule has 0 aliphatic carbocycles. The van der Waals surface area contributed by atoms with Gasteiger partial charge in [0, 0.05) is 11.1 Å². The Morgan fingerprint density at radius 3 is 2.50 bits per heavy atom. The lowest BCUT2D eigenvalue weighted by Gasteiger charge is -2.27. The predicted molar refractivity (Wildman–Crippen MR) is 73.5 cm³/mol. The van der Waals surface area contributed by atoms with E-state index in [1.165, 1.54) is 11.1 Å². The molecule has 0 fully saturated rings. The first kappa shape index (κ1) is 13.2. The largest absolute Gasteiger partial charge is 0.486 e. The molecule has 3 heteroatoms. The summed E-state index contributed by atoms with van der Waals surface area (Å²) in [6.07, 6.45) is 0.844. The molecule has 1 heterocycles. The van der Waals surface area contributed by atoms with E-state index in [1.807, 2.05) is 19.9 Å². The first-order chi connectivity index (χ1) is 8.38. The smallest absolute Gasteiger partial charge is 0.165 e. The Balaban J connectivity index is 2.47. The minimum absolute atomic E-state index is 0.215. The summed E-state index contributed by atoms with van der Waals surface area (Å²) in [5, 5.41) is 0. The number of nitrogens with two attached hydrogens (primary N) is 1. The van der Waals surface area contributed by atoms with Crippen molar-refractivity contribution in [2.75, 3.05) is 13.2 Å². The van der Waals surface area contributed by atoms with E-state index >= 15 is 0 Å². The number of ether oxygens (including phenoxy) is 2. The summed E-state index contributed by atoms with van der Waals surface area (Å²) in [5.41, 5.74) is 8.43. The van der Waals surface area contributed by atoms with Crippen LogP contribution in [0.25, 0.3) is 0 Å². The van der Waals surface area contributed by atoms with Crippen LogP contribution in [0.4, 0.5) is 0 Å². The molecular weight excluding hydrogens is 226 g/mol. The number of rotatable bonds is 3. The summed E-state index contributed by atoms with van der Waals surface area (Å²) in [6.45, 7) is 9.72. The molecular formula is C15H23NO2. The highest BCUT2D eigenvalue weighted by molar-refractivity contribution is 5.53. The van der Waals surface area contributed by atoms with Gasteiger partial charge < -0.3 is 15.2 Å². The highest BCUT2D eigenvalue weighted by Gasteiger charge is 2.23. The highest BCUT2D eigenvalue weighted by Crippen LogP contribution is 2.40. The summed E-state index contributed by atoms with van der Waals surface area (Å²) in [6, 6.07) is 4.12. The average Bonchev–Trinajstić information content (AvgIpc) is 2.26. The molecule has 18 heavy (non-hydrogen) atoms. The van der Waals surface area contributed by atoms with Crippen LogP contribution in [0.5, 0.6) is 11.5 Å². The molecule has 2 rings (SSSR count). The second-order valence-corrected chi connectivity index (χ2v) is 5.98. The monoisotopic (exact) mass is 249 g/mol. The third-order valence-electron chi connectivity index (χ3n) is 3.06. The molecule has 0 radical (unpaired) electrons. The Bertz CT molecular complexity index is 433. The average molecular weight is 249 g/mol. The van der Waals surface area contributed by atoms with Gasteiger partial charge in [0.1, 0.15) is 13.2 Å². The zero-order valence-electron chi connectivity index (χ0n) is 11.7. The van der Waals surface area contributed by atoms with Crippen LogP contribution in [-0.4, -0.2) is 18.8 Å². The quantitative estimate of drug-likeness (QED) is 0.896. The van der Waals surface area contributed by atoms with E-state index in [2.05, 4.69) is 19.9 Å². The van der Waals surface area contributed by atoms with E-state index in [0.29, 0.717) is 19.1 Å². The molecule has 100 valence electrons. The van der Waals surface area contributed by atoms with E-state index < -0.39 is 0 Å². The van der Waals surface area contributed by atoms with Gasteiger partial charge in [0.25, 0.3) is 0 Å². The van der Waals surface area contributed by atoms with Crippen LogP contribution >= 0.6 is 0 Å². The third kappa shape index (κ3) is 2.78. The van der Waals surface area contributed by atoms with Crippen LogP contribution in [-0.2, 0) is 6.42 Å². The second kappa shape index (κ2) is 4.81. The van der Waals surface area contributed by atoms with E-state index in [4.69, 9.17) is 15.2 Å². The lowest BCUT2D eigenvalue weighted by atomic mass is 9.88. The van der Waals surface area contributed by atoms with Gasteiger partial charge in [-0.1, -0.05) is 19.9 Å². The van der Waals surface area contributed by atoms with Crippen molar-refractivity contribution in [2.45, 2.75) is 45.6 Å². The molecule has 1 aromatic carbocycles. The van der Waals surface area contributed by atoms with Gasteiger partial charge in [-0.15, -0.1) is 0 Å². The standard InChI is InChI=1S/C15H23NO2/c1-10(2)13-11(9-15(3,4)16)5-6-12-14(13)18-8-7-17-12/h5-6,10H,7-9,16H2,1-4H3. The zero-order valence-corrected chi connectivity index (χ0v) is 11.7. The van der Waals surface area contributed by atoms with Crippen molar-refractivity contribution in [1.82, 2.24) is 0 Å². The van der Waals surface area contributed by atoms with Crippen molar-refractivity contribution in [3.05, 3.63) is 23.3 Å². The molecule has 0 amide bonds. The number of hydrogen-bond acceptors (Lipinski definition) is 3. The molecule has 0 atom stereocenters. The molecule has 0 spiro atoms. The maximum Gasteiger partial charge on any atom is 0.165 e. The number of fused-ring (bicyclic) bond motifs is 1. The molecule has 0 saturated carbocycles. The van der Waals surface area contributed by atoms with Gasteiger partial charge >= 0.3 is 0 Å². The summed E-state index contributed by atoms with van der Waals surface area (Å²) in [5.74, 6) is 2.18. The Morgan fingerprint density at radius 2 is 1.89 bits per heavy atom. The van der Waals surface area contributed by atoms with Crippen LogP contribution in [0.2, 0.25) is 0 Å². The topological polar surface area (TPSA) is 44.5 Å². The summed E-state index contributed by atoms with van der Waals surface area (Å²) in [7, 11) is 0. The number of hydrogen-bond donors (Lipinski definition) is 1. The van der Waals surface area contributed by atoms with Crippen LogP contribution in [0.1, 0.15) is 44.7 Å². The van der Waals surface area contributed by atoms with Gasteiger partial charge in [-0.2, -0.15) is 0 Å². The molecule has 1 aliphatic heterocycles. The lowest BCUT2D eigenvalue weighted by Crippen LogP contribution is -2.35. The van der Waals surface area contributed by atoms with Crippen LogP contribution < -0.4 is 15.2 Å². The fourth-order valence-corrected chi connectivity index (χ4v) is 2.46. The number of benzene rings is 1. The van der Waals surface area contributed by atoms with Gasteiger partial charge in [-0.25, -0.2) is 0 Å². The van der Waals surface area contributed by atoms with Crippen molar-refractivity contribution in [2.24, 2.45) is 5.73 Å². The SMILES string of the molecule is CC(C)c1c(CC(C)(C)N)ccc2c1OCCO2. The lowest BCUT2D eigenvalue weighted by molar-refractivity contribution is 0.169. The normalized spacial score (nSPS) is 15.0. The first-order valence-corrected chi connectivity index (χ1v) is 6.59. The van der Waals surface area contributed by atoms with E-state index in [-0.39, 0.29) is 5.54 Å². The highest BCUT2D eigenvalue weighted by atomic mass is 16.6. The van der Waals surface area contributed by atoms with E-state index in [1.54, 1.807) is 0 Å². The van der Waals surface area contributed by atoms with Crippen LogP contribution in [0.15, 0.2) is 12.1 Å². The molecule has 2 N–H and O–H groups in total. The Morgan fingerprint density at radius 1 is 1.22 bits per heavy atom. The van der Waals surface area contributed by atoms with Crippen molar-refractivity contribution < 1.29 is 9.47 Å². The van der Waals surface area contributed by atoms with Crippen molar-refractivity contribution in [1.29, 1.82) is 0 Å². The maximum absolute atomic E-state index is 6.14. The molecule has 0 saturated heterocycles. The van der Waals surface area contributed by atoms with Gasteiger partial charge in [0.15, 0.2) is 11.5 Å².